The first-order valence-corrected chi connectivity index (χ1v) is 15.5. The van der Waals surface area contributed by atoms with Crippen molar-refractivity contribution >= 4 is 34.2 Å². The van der Waals surface area contributed by atoms with Gasteiger partial charge in [-0.25, -0.2) is 8.78 Å². The van der Waals surface area contributed by atoms with Gasteiger partial charge in [0.05, 0.1) is 29.1 Å². The number of pyridine rings is 2. The summed E-state index contributed by atoms with van der Waals surface area (Å²) in [7, 11) is 1.67. The minimum Gasteiger partial charge on any atom is -0.380 e. The highest BCUT2D eigenvalue weighted by Gasteiger charge is 2.39. The van der Waals surface area contributed by atoms with Gasteiger partial charge in [0.15, 0.2) is 5.65 Å². The second-order valence-electron chi connectivity index (χ2n) is 12.1. The third kappa shape index (κ3) is 5.82. The molecule has 4 aromatic heterocycles. The van der Waals surface area contributed by atoms with Gasteiger partial charge in [0.2, 0.25) is 11.7 Å². The number of ketones is 1. The van der Waals surface area contributed by atoms with Crippen LogP contribution in [0.2, 0.25) is 0 Å². The van der Waals surface area contributed by atoms with Crippen LogP contribution in [0.1, 0.15) is 39.4 Å². The number of nitrogens with one attached hydrogen (secondary N) is 2. The zero-order valence-corrected chi connectivity index (χ0v) is 26.4. The Morgan fingerprint density at radius 1 is 1.12 bits per heavy atom. The third-order valence-electron chi connectivity index (χ3n) is 8.89. The quantitative estimate of drug-likeness (QED) is 0.136. The average Bonchev–Trinajstić information content (AvgIpc) is 3.80. The lowest BCUT2D eigenvalue weighted by Crippen LogP contribution is -2.29. The Morgan fingerprint density at radius 2 is 1.90 bits per heavy atom. The van der Waals surface area contributed by atoms with E-state index in [1.165, 1.54) is 33.2 Å². The fourth-order valence-corrected chi connectivity index (χ4v) is 6.51. The van der Waals surface area contributed by atoms with Crippen LogP contribution in [0.3, 0.4) is 0 Å². The molecule has 2 N–H and O–H groups in total. The normalized spacial score (nSPS) is 16.4. The van der Waals surface area contributed by atoms with Crippen molar-refractivity contribution in [2.75, 3.05) is 43.6 Å². The van der Waals surface area contributed by atoms with Gasteiger partial charge in [0.25, 0.3) is 0 Å². The topological polar surface area (TPSA) is 105 Å². The van der Waals surface area contributed by atoms with Crippen molar-refractivity contribution in [2.24, 2.45) is 0 Å². The number of hydrogen-bond acceptors (Lipinski definition) is 7. The number of carbonyl (C=O) groups is 2. The van der Waals surface area contributed by atoms with Crippen LogP contribution in [0.15, 0.2) is 54.9 Å². The van der Waals surface area contributed by atoms with Gasteiger partial charge >= 0.3 is 6.18 Å². The van der Waals surface area contributed by atoms with Crippen LogP contribution in [-0.2, 0) is 22.1 Å². The van der Waals surface area contributed by atoms with Crippen LogP contribution in [0.5, 0.6) is 0 Å². The number of benzene rings is 1. The molecule has 1 aromatic carbocycles. The lowest BCUT2D eigenvalue weighted by Gasteiger charge is -2.28. The van der Waals surface area contributed by atoms with E-state index in [1.54, 1.807) is 24.9 Å². The molecule has 49 heavy (non-hydrogen) atoms. The highest BCUT2D eigenvalue weighted by Crippen LogP contribution is 2.47. The number of nitrogens with zero attached hydrogens (tertiary/aromatic N) is 5. The van der Waals surface area contributed by atoms with Gasteiger partial charge in [0.1, 0.15) is 23.1 Å². The van der Waals surface area contributed by atoms with Crippen LogP contribution in [0, 0.1) is 18.6 Å². The highest BCUT2D eigenvalue weighted by atomic mass is 19.4. The number of halogens is 5. The van der Waals surface area contributed by atoms with Gasteiger partial charge in [-0.15, -0.1) is 10.2 Å². The molecule has 0 aliphatic carbocycles. The molecule has 1 amide bonds. The number of alkyl halides is 3. The molecule has 0 bridgehead atoms. The maximum atomic E-state index is 15.2. The van der Waals surface area contributed by atoms with E-state index in [2.05, 4.69) is 20.8 Å². The van der Waals surface area contributed by atoms with Gasteiger partial charge in [-0.05, 0) is 49.6 Å². The largest absolute Gasteiger partial charge is 0.418 e. The smallest absolute Gasteiger partial charge is 0.380 e. The van der Waals surface area contributed by atoms with Gasteiger partial charge in [0, 0.05) is 67.9 Å². The molecule has 2 aliphatic rings. The van der Waals surface area contributed by atoms with E-state index in [4.69, 9.17) is 4.74 Å². The number of rotatable bonds is 7. The second-order valence-corrected chi connectivity index (χ2v) is 12.1. The Balaban J connectivity index is 1.25. The summed E-state index contributed by atoms with van der Waals surface area (Å²) >= 11 is 0. The van der Waals surface area contributed by atoms with Crippen LogP contribution in [-0.4, -0.2) is 70.1 Å². The van der Waals surface area contributed by atoms with Crippen molar-refractivity contribution in [2.45, 2.75) is 32.0 Å². The number of anilines is 2. The number of fused-ring (bicyclic) bond motifs is 4. The van der Waals surface area contributed by atoms with E-state index < -0.39 is 40.8 Å². The number of aryl methyl sites for hydroxylation is 1. The first-order chi connectivity index (χ1) is 23.4. The Morgan fingerprint density at radius 3 is 2.61 bits per heavy atom. The zero-order valence-electron chi connectivity index (χ0n) is 26.4. The number of ether oxygens (including phenoxy) is 1. The summed E-state index contributed by atoms with van der Waals surface area (Å²) in [4.78, 5) is 27.9. The molecule has 7 rings (SSSR count). The molecule has 1 saturated heterocycles. The van der Waals surface area contributed by atoms with E-state index in [9.17, 15) is 22.8 Å². The first-order valence-electron chi connectivity index (χ1n) is 15.5. The summed E-state index contributed by atoms with van der Waals surface area (Å²) in [5.74, 6) is -3.56. The Hall–Kier alpha value is -5.15. The standard InChI is InChI=1S/C34H30F5N7O3/c1-18-42-43-33-31-28(23(16-46(18)33)34(37,38)39)22-5-4-10-45-26(15-19(30(22)45)7-11-44(31)2)32(48)20-13-24(35)29(25(36)14-20)41-27(47)6-3-9-40-21-8-12-49-17-21/h3-6,10,13-16,21,40H,7-9,11-12,17H2,1-2H3,(H,41,47)/b6-3+/t21-/m0/s1. The van der Waals surface area contributed by atoms with E-state index >= 15 is 8.78 Å². The van der Waals surface area contributed by atoms with Gasteiger partial charge < -0.3 is 24.7 Å². The van der Waals surface area contributed by atoms with Crippen LogP contribution < -0.4 is 15.5 Å². The van der Waals surface area contributed by atoms with Crippen molar-refractivity contribution in [1.29, 1.82) is 0 Å². The second kappa shape index (κ2) is 12.4. The highest BCUT2D eigenvalue weighted by molar-refractivity contribution is 6.10. The average molecular weight is 680 g/mol. The zero-order chi connectivity index (χ0) is 34.6. The molecule has 1 fully saturated rings. The molecule has 5 aromatic rings. The summed E-state index contributed by atoms with van der Waals surface area (Å²) < 4.78 is 82.5. The van der Waals surface area contributed by atoms with Crippen molar-refractivity contribution in [3.63, 3.8) is 0 Å². The van der Waals surface area contributed by atoms with E-state index in [0.29, 0.717) is 37.3 Å². The summed E-state index contributed by atoms with van der Waals surface area (Å²) in [6.07, 6.45) is 1.60. The number of carbonyl (C=O) groups excluding carboxylic acids is 2. The summed E-state index contributed by atoms with van der Waals surface area (Å²) in [5.41, 5.74) is -0.442. The lowest BCUT2D eigenvalue weighted by molar-refractivity contribution is -0.137. The predicted molar refractivity (Wildman–Crippen MR) is 171 cm³/mol. The molecule has 2 aliphatic heterocycles. The molecule has 0 spiro atoms. The van der Waals surface area contributed by atoms with E-state index in [1.807, 2.05) is 0 Å². The summed E-state index contributed by atoms with van der Waals surface area (Å²) in [5, 5.41) is 13.5. The van der Waals surface area contributed by atoms with Crippen molar-refractivity contribution in [3.05, 3.63) is 94.7 Å². The molecular weight excluding hydrogens is 649 g/mol. The van der Waals surface area contributed by atoms with E-state index in [0.717, 1.165) is 30.8 Å². The SMILES string of the molecule is Cc1nnc2c3c(c(C(F)(F)F)cn12)-c1cccn2c(C(=O)c4cc(F)c(NC(=O)/C=C/CN[C@H]5CCOC5)c(F)c4)cc(c12)CCN3C. The number of amides is 1. The van der Waals surface area contributed by atoms with Gasteiger partial charge in [-0.2, -0.15) is 13.2 Å². The predicted octanol–water partition coefficient (Wildman–Crippen LogP) is 5.35. The van der Waals surface area contributed by atoms with Gasteiger partial charge in [-0.3, -0.25) is 14.0 Å². The molecule has 0 saturated carbocycles. The molecule has 1 atom stereocenters. The molecule has 254 valence electrons. The van der Waals surface area contributed by atoms with Crippen molar-refractivity contribution in [1.82, 2.24) is 24.3 Å². The maximum Gasteiger partial charge on any atom is 0.418 e. The van der Waals surface area contributed by atoms with Crippen LogP contribution >= 0.6 is 0 Å². The van der Waals surface area contributed by atoms with E-state index in [-0.39, 0.29) is 52.1 Å². The number of hydrogen-bond donors (Lipinski definition) is 2. The molecule has 10 nitrogen and oxygen atoms in total. The molecular formula is C34H30F5N7O3. The van der Waals surface area contributed by atoms with Crippen molar-refractivity contribution < 1.29 is 36.3 Å². The Labute approximate surface area is 276 Å². The number of likely N-dealkylation sites (N-methyl/N-ethyl adjacent to an activating group) is 1. The summed E-state index contributed by atoms with van der Waals surface area (Å²) in [6.45, 7) is 3.42. The van der Waals surface area contributed by atoms with Gasteiger partial charge in [-0.1, -0.05) is 12.1 Å². The minimum atomic E-state index is -4.75. The fraction of sp³-hybridized carbons (Fsp3) is 0.294. The molecule has 0 unspecified atom stereocenters. The van der Waals surface area contributed by atoms with Crippen LogP contribution in [0.25, 0.3) is 22.3 Å². The molecule has 6 heterocycles. The molecule has 0 radical (unpaired) electrons. The minimum absolute atomic E-state index is 0.00425. The van der Waals surface area contributed by atoms with Crippen LogP contribution in [0.4, 0.5) is 33.3 Å². The Bertz CT molecular complexity index is 2140. The third-order valence-corrected chi connectivity index (χ3v) is 8.89. The Kier molecular flexibility index (Phi) is 8.19. The summed E-state index contributed by atoms with van der Waals surface area (Å²) in [6, 6.07) is 6.41. The first kappa shape index (κ1) is 32.4. The maximum absolute atomic E-state index is 15.2. The lowest BCUT2D eigenvalue weighted by atomic mass is 9.94. The fourth-order valence-electron chi connectivity index (χ4n) is 6.51. The van der Waals surface area contributed by atoms with Crippen molar-refractivity contribution in [3.8, 4) is 11.1 Å². The number of aromatic nitrogens is 4. The monoisotopic (exact) mass is 679 g/mol. The molecule has 15 heteroatoms.